The molecule has 1 fully saturated rings. The van der Waals surface area contributed by atoms with Crippen LogP contribution in [0, 0.1) is 5.82 Å². The Morgan fingerprint density at radius 1 is 0.825 bits per heavy atom. The Morgan fingerprint density at radius 3 is 2.25 bits per heavy atom. The van der Waals surface area contributed by atoms with E-state index >= 15 is 0 Å². The number of fused-ring (bicyclic) bond motifs is 2. The molecule has 1 saturated heterocycles. The minimum atomic E-state index is -1.70. The van der Waals surface area contributed by atoms with E-state index in [2.05, 4.69) is 0 Å². The van der Waals surface area contributed by atoms with Gasteiger partial charge in [0, 0.05) is 37.3 Å². The third-order valence-corrected chi connectivity index (χ3v) is 8.63. The van der Waals surface area contributed by atoms with Crippen molar-refractivity contribution in [1.29, 1.82) is 0 Å². The molecule has 2 aliphatic rings. The predicted molar refractivity (Wildman–Crippen MR) is 145 cm³/mol. The first-order valence-corrected chi connectivity index (χ1v) is 13.9. The molecule has 3 aromatic carbocycles. The van der Waals surface area contributed by atoms with E-state index in [-0.39, 0.29) is 29.7 Å². The van der Waals surface area contributed by atoms with Crippen molar-refractivity contribution in [1.82, 2.24) is 9.80 Å². The lowest BCUT2D eigenvalue weighted by Crippen LogP contribution is -2.50. The first-order chi connectivity index (χ1) is 19.4. The quantitative estimate of drug-likeness (QED) is 0.372. The Kier molecular flexibility index (Phi) is 6.77. The van der Waals surface area contributed by atoms with Crippen LogP contribution in [0.15, 0.2) is 99.3 Å². The number of rotatable bonds is 4. The van der Waals surface area contributed by atoms with Gasteiger partial charge in [0.1, 0.15) is 5.82 Å². The van der Waals surface area contributed by atoms with Crippen molar-refractivity contribution < 1.29 is 27.4 Å². The second-order valence-corrected chi connectivity index (χ2v) is 10.9. The van der Waals surface area contributed by atoms with Crippen molar-refractivity contribution in [3.05, 3.63) is 113 Å². The van der Waals surface area contributed by atoms with Crippen LogP contribution in [0.4, 0.5) is 10.1 Å². The zero-order chi connectivity index (χ0) is 27.8. The SMILES string of the molecule is O=C(c1ccc2c(c1)N(Cc1ccccc1F)C(=O)c1ccccc1[S@@]2=O)N1CCN(C(=O)c2ccco2)CC1. The molecule has 202 valence electrons. The van der Waals surface area contributed by atoms with E-state index in [0.717, 1.165) is 0 Å². The molecule has 0 saturated carbocycles. The molecule has 8 nitrogen and oxygen atoms in total. The molecule has 4 aromatic rings. The van der Waals surface area contributed by atoms with Crippen molar-refractivity contribution in [3.8, 4) is 0 Å². The number of nitrogens with zero attached hydrogens (tertiary/aromatic N) is 3. The summed E-state index contributed by atoms with van der Waals surface area (Å²) in [7, 11) is -1.70. The first kappa shape index (κ1) is 25.7. The van der Waals surface area contributed by atoms with Gasteiger partial charge in [0.2, 0.25) is 0 Å². The standard InChI is InChI=1S/C30H24FN3O5S/c31-23-8-3-1-6-21(23)19-34-24-18-20(11-12-27(24)40(38)26-10-4-2-7-22(26)29(34)36)28(35)32-13-15-33(16-14-32)30(37)25-9-5-17-39-25/h1-12,17-18H,13-16,19H2/t40-/m0/s1. The number of carbonyl (C=O) groups is 3. The largest absolute Gasteiger partial charge is 0.459 e. The smallest absolute Gasteiger partial charge is 0.289 e. The van der Waals surface area contributed by atoms with Crippen molar-refractivity contribution in [2.75, 3.05) is 31.1 Å². The van der Waals surface area contributed by atoms with Crippen LogP contribution in [0.1, 0.15) is 36.8 Å². The van der Waals surface area contributed by atoms with Gasteiger partial charge in [-0.1, -0.05) is 30.3 Å². The van der Waals surface area contributed by atoms with E-state index in [0.29, 0.717) is 52.8 Å². The number of halogens is 1. The molecule has 0 radical (unpaired) electrons. The van der Waals surface area contributed by atoms with Gasteiger partial charge < -0.3 is 19.1 Å². The molecule has 10 heteroatoms. The molecular weight excluding hydrogens is 533 g/mol. The van der Waals surface area contributed by atoms with Gasteiger partial charge >= 0.3 is 0 Å². The summed E-state index contributed by atoms with van der Waals surface area (Å²) in [5, 5.41) is 0. The summed E-state index contributed by atoms with van der Waals surface area (Å²) in [5.74, 6) is -1.16. The molecule has 1 atom stereocenters. The number of furan rings is 1. The van der Waals surface area contributed by atoms with Crippen LogP contribution in [0.3, 0.4) is 0 Å². The van der Waals surface area contributed by atoms with Crippen LogP contribution in [-0.4, -0.2) is 57.9 Å². The molecule has 0 N–H and O–H groups in total. The van der Waals surface area contributed by atoms with Crippen molar-refractivity contribution >= 4 is 34.2 Å². The Morgan fingerprint density at radius 2 is 1.52 bits per heavy atom. The van der Waals surface area contributed by atoms with Gasteiger partial charge in [-0.2, -0.15) is 0 Å². The van der Waals surface area contributed by atoms with Gasteiger partial charge in [0.05, 0.1) is 44.6 Å². The van der Waals surface area contributed by atoms with E-state index in [1.165, 1.54) is 17.2 Å². The van der Waals surface area contributed by atoms with Crippen LogP contribution >= 0.6 is 0 Å². The molecule has 3 heterocycles. The monoisotopic (exact) mass is 557 g/mol. The minimum absolute atomic E-state index is 0.102. The second kappa shape index (κ2) is 10.5. The molecule has 3 amide bonds. The fourth-order valence-electron chi connectivity index (χ4n) is 5.00. The fourth-order valence-corrected chi connectivity index (χ4v) is 6.35. The van der Waals surface area contributed by atoms with Gasteiger partial charge in [-0.25, -0.2) is 8.60 Å². The predicted octanol–water partition coefficient (Wildman–Crippen LogP) is 4.34. The second-order valence-electron chi connectivity index (χ2n) is 9.49. The highest BCUT2D eigenvalue weighted by Crippen LogP contribution is 2.36. The zero-order valence-electron chi connectivity index (χ0n) is 21.3. The van der Waals surface area contributed by atoms with Gasteiger partial charge in [-0.3, -0.25) is 14.4 Å². The van der Waals surface area contributed by atoms with E-state index in [9.17, 15) is 23.0 Å². The molecule has 0 bridgehead atoms. The number of hydrogen-bond acceptors (Lipinski definition) is 5. The summed E-state index contributed by atoms with van der Waals surface area (Å²) in [5.41, 5.74) is 1.15. The normalized spacial score (nSPS) is 16.8. The van der Waals surface area contributed by atoms with E-state index in [1.54, 1.807) is 82.6 Å². The van der Waals surface area contributed by atoms with Crippen molar-refractivity contribution in [2.45, 2.75) is 16.3 Å². The maximum atomic E-state index is 14.7. The lowest BCUT2D eigenvalue weighted by molar-refractivity contribution is 0.0518. The fraction of sp³-hybridized carbons (Fsp3) is 0.167. The summed E-state index contributed by atoms with van der Waals surface area (Å²) in [6.07, 6.45) is 1.44. The maximum Gasteiger partial charge on any atom is 0.289 e. The minimum Gasteiger partial charge on any atom is -0.459 e. The topological polar surface area (TPSA) is 91.1 Å². The number of hydrogen-bond donors (Lipinski definition) is 0. The Labute approximate surface area is 232 Å². The number of benzene rings is 3. The van der Waals surface area contributed by atoms with Gasteiger partial charge in [-0.05, 0) is 48.5 Å². The Bertz CT molecular complexity index is 1650. The van der Waals surface area contributed by atoms with Crippen molar-refractivity contribution in [3.63, 3.8) is 0 Å². The van der Waals surface area contributed by atoms with Crippen molar-refractivity contribution in [2.24, 2.45) is 0 Å². The average molecular weight is 558 g/mol. The molecule has 0 unspecified atom stereocenters. The van der Waals surface area contributed by atoms with Crippen LogP contribution in [0.2, 0.25) is 0 Å². The van der Waals surface area contributed by atoms with Crippen LogP contribution in [0.25, 0.3) is 0 Å². The van der Waals surface area contributed by atoms with E-state index in [1.807, 2.05) is 0 Å². The van der Waals surface area contributed by atoms with Crippen LogP contribution < -0.4 is 4.90 Å². The zero-order valence-corrected chi connectivity index (χ0v) is 22.1. The Hall–Kier alpha value is -4.57. The van der Waals surface area contributed by atoms with E-state index < -0.39 is 22.5 Å². The van der Waals surface area contributed by atoms with Gasteiger partial charge in [-0.15, -0.1) is 0 Å². The summed E-state index contributed by atoms with van der Waals surface area (Å²) in [4.78, 5) is 45.3. The highest BCUT2D eigenvalue weighted by Gasteiger charge is 2.33. The van der Waals surface area contributed by atoms with Gasteiger partial charge in [0.25, 0.3) is 17.7 Å². The molecule has 0 spiro atoms. The Balaban J connectivity index is 1.32. The average Bonchev–Trinajstić information content (AvgIpc) is 3.52. The first-order valence-electron chi connectivity index (χ1n) is 12.7. The lowest BCUT2D eigenvalue weighted by atomic mass is 10.1. The third-order valence-electron chi connectivity index (χ3n) is 7.13. The molecule has 40 heavy (non-hydrogen) atoms. The van der Waals surface area contributed by atoms with E-state index in [4.69, 9.17) is 4.42 Å². The summed E-state index contributed by atoms with van der Waals surface area (Å²) in [6, 6.07) is 20.8. The molecule has 0 aliphatic carbocycles. The molecule has 1 aromatic heterocycles. The van der Waals surface area contributed by atoms with Crippen LogP contribution in [-0.2, 0) is 17.3 Å². The number of amides is 3. The highest BCUT2D eigenvalue weighted by molar-refractivity contribution is 7.85. The lowest BCUT2D eigenvalue weighted by Gasteiger charge is -2.34. The third kappa shape index (κ3) is 4.60. The number of piperazine rings is 1. The van der Waals surface area contributed by atoms with Crippen LogP contribution in [0.5, 0.6) is 0 Å². The highest BCUT2D eigenvalue weighted by atomic mass is 32.2. The summed E-state index contributed by atoms with van der Waals surface area (Å²) >= 11 is 0. The number of carbonyl (C=O) groups excluding carboxylic acids is 3. The molecule has 2 aliphatic heterocycles. The van der Waals surface area contributed by atoms with Gasteiger partial charge in [0.15, 0.2) is 5.76 Å². The summed E-state index contributed by atoms with van der Waals surface area (Å²) in [6.45, 7) is 1.21. The summed E-state index contributed by atoms with van der Waals surface area (Å²) < 4.78 is 33.5. The maximum absolute atomic E-state index is 14.7. The number of anilines is 1. The molecular formula is C30H24FN3O5S. The molecule has 6 rings (SSSR count).